The number of hydrogen-bond donors (Lipinski definition) is 4. The van der Waals surface area contributed by atoms with Crippen molar-refractivity contribution < 1.29 is 15.0 Å². The zero-order chi connectivity index (χ0) is 12.6. The Balaban J connectivity index is 2.46. The summed E-state index contributed by atoms with van der Waals surface area (Å²) in [5.74, 6) is -0.955. The van der Waals surface area contributed by atoms with E-state index in [4.69, 9.17) is 5.73 Å². The van der Waals surface area contributed by atoms with E-state index in [9.17, 15) is 15.0 Å². The van der Waals surface area contributed by atoms with Crippen LogP contribution in [0.3, 0.4) is 0 Å². The summed E-state index contributed by atoms with van der Waals surface area (Å²) in [6.45, 7) is 0. The van der Waals surface area contributed by atoms with Gasteiger partial charge in [-0.1, -0.05) is 22.0 Å². The average molecular weight is 299 g/mol. The molecule has 2 rings (SSSR count). The molecule has 1 aromatic heterocycles. The van der Waals surface area contributed by atoms with Gasteiger partial charge >= 0.3 is 0 Å². The minimum absolute atomic E-state index is 0.443. The monoisotopic (exact) mass is 298 g/mol. The summed E-state index contributed by atoms with van der Waals surface area (Å²) in [5.41, 5.74) is 6.18. The van der Waals surface area contributed by atoms with Gasteiger partial charge in [-0.15, -0.1) is 0 Å². The summed E-state index contributed by atoms with van der Waals surface area (Å²) in [6.07, 6.45) is -1.39. The number of primary amides is 1. The van der Waals surface area contributed by atoms with Gasteiger partial charge in [-0.2, -0.15) is 0 Å². The molecule has 0 spiro atoms. The van der Waals surface area contributed by atoms with Crippen LogP contribution >= 0.6 is 15.9 Å². The summed E-state index contributed by atoms with van der Waals surface area (Å²) < 4.78 is 0.892. The lowest BCUT2D eigenvalue weighted by atomic mass is 10.0. The number of carbonyl (C=O) groups excluding carboxylic acids is 1. The molecule has 0 aliphatic heterocycles. The number of aliphatic hydroxyl groups excluding tert-OH is 2. The highest BCUT2D eigenvalue weighted by atomic mass is 79.9. The van der Waals surface area contributed by atoms with E-state index in [1.165, 1.54) is 0 Å². The van der Waals surface area contributed by atoms with Crippen LogP contribution in [0.15, 0.2) is 28.9 Å². The zero-order valence-electron chi connectivity index (χ0n) is 8.72. The van der Waals surface area contributed by atoms with Crippen LogP contribution in [-0.2, 0) is 4.79 Å². The third-order valence-corrected chi connectivity index (χ3v) is 3.08. The second-order valence-electron chi connectivity index (χ2n) is 3.73. The number of amides is 1. The molecule has 0 saturated carbocycles. The van der Waals surface area contributed by atoms with E-state index in [1.807, 2.05) is 12.1 Å². The van der Waals surface area contributed by atoms with Crippen molar-refractivity contribution in [1.29, 1.82) is 0 Å². The minimum Gasteiger partial charge on any atom is -0.385 e. The molecule has 1 amide bonds. The molecule has 2 atom stereocenters. The van der Waals surface area contributed by atoms with Crippen LogP contribution in [0.1, 0.15) is 11.7 Å². The molecule has 2 aromatic rings. The molecule has 1 aromatic carbocycles. The Labute approximate surface area is 105 Å². The normalized spacial score (nSPS) is 14.8. The number of halogens is 1. The molecule has 0 bridgehead atoms. The van der Waals surface area contributed by atoms with Gasteiger partial charge in [-0.25, -0.2) is 0 Å². The summed E-state index contributed by atoms with van der Waals surface area (Å²) in [7, 11) is 0. The molecule has 5 nitrogen and oxygen atoms in total. The molecule has 6 heteroatoms. The van der Waals surface area contributed by atoms with E-state index in [0.29, 0.717) is 5.56 Å². The molecular weight excluding hydrogens is 288 g/mol. The number of nitrogens with two attached hydrogens (primary N) is 1. The number of benzene rings is 1. The van der Waals surface area contributed by atoms with Crippen molar-refractivity contribution in [3.63, 3.8) is 0 Å². The molecule has 2 unspecified atom stereocenters. The first-order valence-corrected chi connectivity index (χ1v) is 5.72. The van der Waals surface area contributed by atoms with Crippen LogP contribution in [0.5, 0.6) is 0 Å². The molecule has 0 aliphatic rings. The van der Waals surface area contributed by atoms with Gasteiger partial charge in [0.1, 0.15) is 6.10 Å². The maximum Gasteiger partial charge on any atom is 0.249 e. The maximum absolute atomic E-state index is 10.8. The van der Waals surface area contributed by atoms with Crippen LogP contribution in [0.25, 0.3) is 10.9 Å². The van der Waals surface area contributed by atoms with Gasteiger partial charge in [0.25, 0.3) is 0 Å². The summed E-state index contributed by atoms with van der Waals surface area (Å²) in [5, 5.41) is 20.0. The van der Waals surface area contributed by atoms with Crippen molar-refractivity contribution in [1.82, 2.24) is 4.98 Å². The van der Waals surface area contributed by atoms with Gasteiger partial charge in [0.05, 0.1) is 0 Å². The van der Waals surface area contributed by atoms with E-state index in [-0.39, 0.29) is 0 Å². The fraction of sp³-hybridized carbons (Fsp3) is 0.182. The second-order valence-corrected chi connectivity index (χ2v) is 4.64. The van der Waals surface area contributed by atoms with Gasteiger partial charge in [0, 0.05) is 27.1 Å². The largest absolute Gasteiger partial charge is 0.385 e. The fourth-order valence-electron chi connectivity index (χ4n) is 1.69. The van der Waals surface area contributed by atoms with E-state index in [2.05, 4.69) is 20.9 Å². The minimum atomic E-state index is -1.61. The summed E-state index contributed by atoms with van der Waals surface area (Å²) >= 11 is 3.32. The molecular formula is C11H11BrN2O3. The highest BCUT2D eigenvalue weighted by molar-refractivity contribution is 9.10. The maximum atomic E-state index is 10.8. The number of rotatable bonds is 3. The highest BCUT2D eigenvalue weighted by Crippen LogP contribution is 2.28. The summed E-state index contributed by atoms with van der Waals surface area (Å²) in [4.78, 5) is 13.8. The first kappa shape index (κ1) is 12.1. The Morgan fingerprint density at radius 2 is 2.12 bits per heavy atom. The van der Waals surface area contributed by atoms with Crippen LogP contribution < -0.4 is 5.73 Å². The van der Waals surface area contributed by atoms with Crippen molar-refractivity contribution in [3.8, 4) is 0 Å². The van der Waals surface area contributed by atoms with Gasteiger partial charge in [0.2, 0.25) is 5.91 Å². The molecule has 17 heavy (non-hydrogen) atoms. The number of carbonyl (C=O) groups is 1. The van der Waals surface area contributed by atoms with Crippen molar-refractivity contribution in [2.24, 2.45) is 5.73 Å². The molecule has 90 valence electrons. The molecule has 1 heterocycles. The van der Waals surface area contributed by atoms with Crippen LogP contribution in [0.4, 0.5) is 0 Å². The van der Waals surface area contributed by atoms with Gasteiger partial charge < -0.3 is 20.9 Å². The lowest BCUT2D eigenvalue weighted by molar-refractivity contribution is -0.131. The van der Waals surface area contributed by atoms with E-state index >= 15 is 0 Å². The Hall–Kier alpha value is -1.37. The quantitative estimate of drug-likeness (QED) is 0.675. The number of aromatic amines is 1. The first-order chi connectivity index (χ1) is 8.00. The number of H-pyrrole nitrogens is 1. The molecule has 0 fully saturated rings. The van der Waals surface area contributed by atoms with E-state index < -0.39 is 18.1 Å². The van der Waals surface area contributed by atoms with Crippen molar-refractivity contribution in [2.75, 3.05) is 0 Å². The average Bonchev–Trinajstić information content (AvgIpc) is 2.69. The van der Waals surface area contributed by atoms with Crippen molar-refractivity contribution in [3.05, 3.63) is 34.4 Å². The van der Waals surface area contributed by atoms with Crippen LogP contribution in [-0.4, -0.2) is 27.2 Å². The van der Waals surface area contributed by atoms with Crippen molar-refractivity contribution >= 4 is 32.7 Å². The number of aliphatic hydroxyl groups is 2. The molecule has 5 N–H and O–H groups in total. The zero-order valence-corrected chi connectivity index (χ0v) is 10.3. The Morgan fingerprint density at radius 1 is 1.41 bits per heavy atom. The topological polar surface area (TPSA) is 99.3 Å². The Kier molecular flexibility index (Phi) is 3.19. The molecule has 0 saturated heterocycles. The number of hydrogen-bond acceptors (Lipinski definition) is 3. The van der Waals surface area contributed by atoms with Gasteiger partial charge in [0.15, 0.2) is 6.10 Å². The van der Waals surface area contributed by atoms with E-state index in [0.717, 1.165) is 15.4 Å². The number of fused-ring (bicyclic) bond motifs is 1. The standard InChI is InChI=1S/C11H11BrN2O3/c12-5-1-2-6-7(4-14-8(6)3-5)9(15)10(16)11(13)17/h1-4,9-10,14-16H,(H2,13,17). The van der Waals surface area contributed by atoms with Gasteiger partial charge in [-0.05, 0) is 12.1 Å². The summed E-state index contributed by atoms with van der Waals surface area (Å²) in [6, 6.07) is 5.42. The predicted octanol–water partition coefficient (Wildman–Crippen LogP) is 0.810. The lowest BCUT2D eigenvalue weighted by Crippen LogP contribution is -2.33. The first-order valence-electron chi connectivity index (χ1n) is 4.92. The molecule has 0 radical (unpaired) electrons. The van der Waals surface area contributed by atoms with Crippen LogP contribution in [0, 0.1) is 0 Å². The second kappa shape index (κ2) is 4.48. The number of aromatic nitrogens is 1. The smallest absolute Gasteiger partial charge is 0.249 e. The molecule has 0 aliphatic carbocycles. The third-order valence-electron chi connectivity index (χ3n) is 2.59. The SMILES string of the molecule is NC(=O)C(O)C(O)c1c[nH]c2cc(Br)ccc12. The number of nitrogens with one attached hydrogen (secondary N) is 1. The Bertz CT molecular complexity index is 567. The lowest BCUT2D eigenvalue weighted by Gasteiger charge is -2.13. The third kappa shape index (κ3) is 2.19. The van der Waals surface area contributed by atoms with Crippen molar-refractivity contribution in [2.45, 2.75) is 12.2 Å². The van der Waals surface area contributed by atoms with E-state index in [1.54, 1.807) is 12.3 Å². The highest BCUT2D eigenvalue weighted by Gasteiger charge is 2.25. The predicted molar refractivity (Wildman–Crippen MR) is 66.2 cm³/mol. The Morgan fingerprint density at radius 3 is 2.76 bits per heavy atom. The van der Waals surface area contributed by atoms with Crippen LogP contribution in [0.2, 0.25) is 0 Å². The van der Waals surface area contributed by atoms with Gasteiger partial charge in [-0.3, -0.25) is 4.79 Å². The fourth-order valence-corrected chi connectivity index (χ4v) is 2.05.